The van der Waals surface area contributed by atoms with Crippen LogP contribution in [-0.4, -0.2) is 60.4 Å². The van der Waals surface area contributed by atoms with Gasteiger partial charge in [0.25, 0.3) is 0 Å². The number of hydrogen-bond donors (Lipinski definition) is 2. The molecule has 2 fully saturated rings. The van der Waals surface area contributed by atoms with E-state index in [0.717, 1.165) is 25.8 Å². The molecule has 5 nitrogen and oxygen atoms in total. The van der Waals surface area contributed by atoms with Gasteiger partial charge in [0, 0.05) is 13.1 Å². The van der Waals surface area contributed by atoms with Gasteiger partial charge in [-0.3, -0.25) is 4.79 Å². The van der Waals surface area contributed by atoms with Crippen LogP contribution in [0.5, 0.6) is 0 Å². The summed E-state index contributed by atoms with van der Waals surface area (Å²) in [6.45, 7) is 4.54. The minimum Gasteiger partial charge on any atom is -0.394 e. The Morgan fingerprint density at radius 1 is 1.56 bits per heavy atom. The van der Waals surface area contributed by atoms with E-state index in [1.54, 1.807) is 0 Å². The number of hydrogen-bond acceptors (Lipinski definition) is 4. The highest BCUT2D eigenvalue weighted by molar-refractivity contribution is 5.86. The standard InChI is InChI=1S/C12H22N2O3.ClH/c1-12(4-2-3-5-13-12)11(16)14-6-7-17-10(8-14)9-15;/h10,13,15H,2-9H2,1H3;1H. The van der Waals surface area contributed by atoms with Gasteiger partial charge >= 0.3 is 0 Å². The second-order valence-electron chi connectivity index (χ2n) is 5.14. The first-order chi connectivity index (χ1) is 8.15. The van der Waals surface area contributed by atoms with E-state index < -0.39 is 5.54 Å². The van der Waals surface area contributed by atoms with Crippen LogP contribution in [0.1, 0.15) is 26.2 Å². The van der Waals surface area contributed by atoms with Crippen LogP contribution in [0.2, 0.25) is 0 Å². The van der Waals surface area contributed by atoms with E-state index in [9.17, 15) is 4.79 Å². The van der Waals surface area contributed by atoms with Gasteiger partial charge in [-0.05, 0) is 32.7 Å². The number of morpholine rings is 1. The zero-order valence-electron chi connectivity index (χ0n) is 10.9. The molecule has 2 rings (SSSR count). The molecule has 2 heterocycles. The molecule has 18 heavy (non-hydrogen) atoms. The number of halogens is 1. The van der Waals surface area contributed by atoms with Gasteiger partial charge in [-0.1, -0.05) is 0 Å². The first kappa shape index (κ1) is 15.7. The monoisotopic (exact) mass is 278 g/mol. The number of rotatable bonds is 2. The van der Waals surface area contributed by atoms with Crippen LogP contribution in [0.15, 0.2) is 0 Å². The van der Waals surface area contributed by atoms with Gasteiger partial charge < -0.3 is 20.1 Å². The van der Waals surface area contributed by atoms with Crippen molar-refractivity contribution >= 4 is 18.3 Å². The van der Waals surface area contributed by atoms with Crippen LogP contribution in [0.25, 0.3) is 0 Å². The van der Waals surface area contributed by atoms with Gasteiger partial charge in [-0.15, -0.1) is 12.4 Å². The van der Waals surface area contributed by atoms with Crippen molar-refractivity contribution in [1.29, 1.82) is 0 Å². The molecular weight excluding hydrogens is 256 g/mol. The molecule has 2 aliphatic heterocycles. The highest BCUT2D eigenvalue weighted by Gasteiger charge is 2.38. The Bertz CT molecular complexity index is 282. The van der Waals surface area contributed by atoms with Gasteiger partial charge in [0.1, 0.15) is 0 Å². The van der Waals surface area contributed by atoms with E-state index >= 15 is 0 Å². The summed E-state index contributed by atoms with van der Waals surface area (Å²) in [6.07, 6.45) is 2.92. The molecule has 2 atom stereocenters. The third kappa shape index (κ3) is 3.35. The lowest BCUT2D eigenvalue weighted by Crippen LogP contribution is -2.60. The lowest BCUT2D eigenvalue weighted by molar-refractivity contribution is -0.147. The molecule has 106 valence electrons. The van der Waals surface area contributed by atoms with Gasteiger partial charge in [-0.2, -0.15) is 0 Å². The molecule has 0 radical (unpaired) electrons. The topological polar surface area (TPSA) is 61.8 Å². The van der Waals surface area contributed by atoms with E-state index in [2.05, 4.69) is 5.32 Å². The van der Waals surface area contributed by atoms with E-state index in [-0.39, 0.29) is 31.0 Å². The fraction of sp³-hybridized carbons (Fsp3) is 0.917. The number of ether oxygens (including phenoxy) is 1. The van der Waals surface area contributed by atoms with Crippen LogP contribution in [0, 0.1) is 0 Å². The van der Waals surface area contributed by atoms with Crippen LogP contribution in [0.3, 0.4) is 0 Å². The number of piperidine rings is 1. The Kier molecular flexibility index (Phi) is 5.85. The molecule has 0 spiro atoms. The first-order valence-electron chi connectivity index (χ1n) is 6.42. The lowest BCUT2D eigenvalue weighted by atomic mass is 9.89. The number of nitrogens with zero attached hydrogens (tertiary/aromatic N) is 1. The highest BCUT2D eigenvalue weighted by Crippen LogP contribution is 2.22. The molecule has 0 aliphatic carbocycles. The summed E-state index contributed by atoms with van der Waals surface area (Å²) in [4.78, 5) is 14.3. The Morgan fingerprint density at radius 3 is 2.94 bits per heavy atom. The van der Waals surface area contributed by atoms with Gasteiger partial charge in [-0.25, -0.2) is 0 Å². The summed E-state index contributed by atoms with van der Waals surface area (Å²) in [5, 5.41) is 12.4. The van der Waals surface area contributed by atoms with Crippen LogP contribution in [0.4, 0.5) is 0 Å². The molecule has 0 aromatic heterocycles. The average molecular weight is 279 g/mol. The normalized spacial score (nSPS) is 32.8. The quantitative estimate of drug-likeness (QED) is 0.755. The molecule has 2 N–H and O–H groups in total. The Morgan fingerprint density at radius 2 is 2.33 bits per heavy atom. The predicted octanol–water partition coefficient (Wildman–Crippen LogP) is 0.160. The molecule has 6 heteroatoms. The molecule has 2 unspecified atom stereocenters. The van der Waals surface area contributed by atoms with Crippen LogP contribution in [-0.2, 0) is 9.53 Å². The number of carbonyl (C=O) groups excluding carboxylic acids is 1. The summed E-state index contributed by atoms with van der Waals surface area (Å²) in [5.41, 5.74) is -0.421. The van der Waals surface area contributed by atoms with Gasteiger partial charge in [0.15, 0.2) is 0 Å². The van der Waals surface area contributed by atoms with E-state index in [0.29, 0.717) is 19.7 Å². The Labute approximate surface area is 114 Å². The second-order valence-corrected chi connectivity index (χ2v) is 5.14. The molecule has 2 aliphatic rings. The molecule has 0 aromatic carbocycles. The molecule has 1 amide bonds. The smallest absolute Gasteiger partial charge is 0.242 e. The fourth-order valence-corrected chi connectivity index (χ4v) is 2.60. The minimum absolute atomic E-state index is 0. The van der Waals surface area contributed by atoms with E-state index in [1.165, 1.54) is 0 Å². The maximum atomic E-state index is 12.5. The number of carbonyl (C=O) groups is 1. The van der Waals surface area contributed by atoms with Crippen molar-refractivity contribution in [3.8, 4) is 0 Å². The van der Waals surface area contributed by atoms with Crippen molar-refractivity contribution in [2.75, 3.05) is 32.8 Å². The Balaban J connectivity index is 0.00000162. The SMILES string of the molecule is CC1(C(=O)N2CCOC(CO)C2)CCCCN1.Cl. The maximum Gasteiger partial charge on any atom is 0.242 e. The van der Waals surface area contributed by atoms with Crippen molar-refractivity contribution < 1.29 is 14.6 Å². The summed E-state index contributed by atoms with van der Waals surface area (Å²) in [5.74, 6) is 0.152. The second kappa shape index (κ2) is 6.70. The summed E-state index contributed by atoms with van der Waals surface area (Å²) in [7, 11) is 0. The molecule has 0 aromatic rings. The zero-order chi connectivity index (χ0) is 12.3. The number of aliphatic hydroxyl groups excluding tert-OH is 1. The number of amides is 1. The fourth-order valence-electron chi connectivity index (χ4n) is 2.60. The zero-order valence-corrected chi connectivity index (χ0v) is 11.7. The largest absolute Gasteiger partial charge is 0.394 e. The summed E-state index contributed by atoms with van der Waals surface area (Å²) < 4.78 is 5.36. The third-order valence-corrected chi connectivity index (χ3v) is 3.72. The van der Waals surface area contributed by atoms with Crippen molar-refractivity contribution in [2.45, 2.75) is 37.8 Å². The number of nitrogens with one attached hydrogen (secondary N) is 1. The maximum absolute atomic E-state index is 12.5. The van der Waals surface area contributed by atoms with E-state index in [4.69, 9.17) is 9.84 Å². The molecule has 0 saturated carbocycles. The van der Waals surface area contributed by atoms with Crippen LogP contribution < -0.4 is 5.32 Å². The van der Waals surface area contributed by atoms with Crippen molar-refractivity contribution in [3.63, 3.8) is 0 Å². The van der Waals surface area contributed by atoms with Gasteiger partial charge in [0.05, 0.1) is 24.9 Å². The number of aliphatic hydroxyl groups is 1. The van der Waals surface area contributed by atoms with Crippen LogP contribution >= 0.6 is 12.4 Å². The van der Waals surface area contributed by atoms with E-state index in [1.807, 2.05) is 11.8 Å². The summed E-state index contributed by atoms with van der Waals surface area (Å²) in [6, 6.07) is 0. The lowest BCUT2D eigenvalue weighted by Gasteiger charge is -2.40. The van der Waals surface area contributed by atoms with Crippen molar-refractivity contribution in [3.05, 3.63) is 0 Å². The minimum atomic E-state index is -0.421. The summed E-state index contributed by atoms with van der Waals surface area (Å²) >= 11 is 0. The predicted molar refractivity (Wildman–Crippen MR) is 70.9 cm³/mol. The highest BCUT2D eigenvalue weighted by atomic mass is 35.5. The molecule has 2 saturated heterocycles. The Hall–Kier alpha value is -0.360. The first-order valence-corrected chi connectivity index (χ1v) is 6.42. The molecule has 0 bridgehead atoms. The molecular formula is C12H23ClN2O3. The van der Waals surface area contributed by atoms with Crippen molar-refractivity contribution in [1.82, 2.24) is 10.2 Å². The van der Waals surface area contributed by atoms with Crippen molar-refractivity contribution in [2.24, 2.45) is 0 Å². The average Bonchev–Trinajstić information content (AvgIpc) is 2.39. The third-order valence-electron chi connectivity index (χ3n) is 3.72. The van der Waals surface area contributed by atoms with Gasteiger partial charge in [0.2, 0.25) is 5.91 Å².